The van der Waals surface area contributed by atoms with Crippen molar-refractivity contribution in [2.24, 2.45) is 5.92 Å². The van der Waals surface area contributed by atoms with Gasteiger partial charge < -0.3 is 19.9 Å². The summed E-state index contributed by atoms with van der Waals surface area (Å²) in [6.07, 6.45) is 4.87. The molecular formula is C21H34FN3O2+2. The highest BCUT2D eigenvalue weighted by molar-refractivity contribution is 5.77. The number of rotatable bonds is 6. The highest BCUT2D eigenvalue weighted by Crippen LogP contribution is 2.23. The summed E-state index contributed by atoms with van der Waals surface area (Å²) in [6.45, 7) is 7.50. The Morgan fingerprint density at radius 3 is 2.59 bits per heavy atom. The molecule has 0 unspecified atom stereocenters. The van der Waals surface area contributed by atoms with E-state index in [-0.39, 0.29) is 11.7 Å². The topological polar surface area (TPSA) is 47.2 Å². The van der Waals surface area contributed by atoms with Gasteiger partial charge in [-0.25, -0.2) is 4.39 Å². The van der Waals surface area contributed by atoms with Crippen molar-refractivity contribution in [1.29, 1.82) is 0 Å². The van der Waals surface area contributed by atoms with Gasteiger partial charge in [-0.15, -0.1) is 0 Å². The largest absolute Gasteiger partial charge is 0.496 e. The monoisotopic (exact) mass is 379 g/mol. The summed E-state index contributed by atoms with van der Waals surface area (Å²) in [5.41, 5.74) is 0.917. The molecule has 150 valence electrons. The summed E-state index contributed by atoms with van der Waals surface area (Å²) in [7, 11) is 1.62. The average Bonchev–Trinajstić information content (AvgIpc) is 2.65. The number of amides is 1. The van der Waals surface area contributed by atoms with Gasteiger partial charge in [0.15, 0.2) is 6.54 Å². The van der Waals surface area contributed by atoms with Gasteiger partial charge in [-0.2, -0.15) is 0 Å². The van der Waals surface area contributed by atoms with Crippen LogP contribution in [0, 0.1) is 11.7 Å². The molecule has 2 aliphatic rings. The number of halogens is 1. The van der Waals surface area contributed by atoms with Crippen molar-refractivity contribution >= 4 is 5.91 Å². The molecule has 5 nitrogen and oxygen atoms in total. The first-order valence-electron chi connectivity index (χ1n) is 10.3. The highest BCUT2D eigenvalue weighted by Gasteiger charge is 2.28. The summed E-state index contributed by atoms with van der Waals surface area (Å²) in [5.74, 6) is 1.32. The van der Waals surface area contributed by atoms with E-state index < -0.39 is 0 Å². The fourth-order valence-electron chi connectivity index (χ4n) is 4.48. The van der Waals surface area contributed by atoms with Gasteiger partial charge >= 0.3 is 0 Å². The van der Waals surface area contributed by atoms with Crippen LogP contribution in [0.3, 0.4) is 0 Å². The molecule has 3 rings (SSSR count). The SMILES string of the molecule is COc1ccc(F)cc1C[NH+]1CC[NH+](CC(=O)N[C@@H]2CCCC[C@@H]2C)CC1. The molecule has 0 spiro atoms. The Morgan fingerprint density at radius 2 is 1.89 bits per heavy atom. The van der Waals surface area contributed by atoms with Gasteiger partial charge in [-0.1, -0.05) is 19.8 Å². The van der Waals surface area contributed by atoms with E-state index in [2.05, 4.69) is 12.2 Å². The van der Waals surface area contributed by atoms with Crippen LogP contribution < -0.4 is 19.9 Å². The van der Waals surface area contributed by atoms with E-state index in [4.69, 9.17) is 4.74 Å². The smallest absolute Gasteiger partial charge is 0.275 e. The molecule has 3 N–H and O–H groups in total. The molecule has 1 saturated carbocycles. The molecule has 6 heteroatoms. The van der Waals surface area contributed by atoms with E-state index >= 15 is 0 Å². The standard InChI is InChI=1S/C21H32FN3O2/c1-16-5-3-4-6-19(16)23-21(26)15-25-11-9-24(10-12-25)14-17-13-18(22)7-8-20(17)27-2/h7-8,13,16,19H,3-6,9-12,14-15H2,1-2H3,(H,23,26)/p+2/t16-,19+/m0/s1. The molecule has 0 bridgehead atoms. The average molecular weight is 380 g/mol. The minimum absolute atomic E-state index is 0.194. The lowest BCUT2D eigenvalue weighted by Crippen LogP contribution is -3.28. The molecule has 1 aromatic carbocycles. The molecule has 1 aliphatic carbocycles. The lowest BCUT2D eigenvalue weighted by Gasteiger charge is -2.32. The highest BCUT2D eigenvalue weighted by atomic mass is 19.1. The molecule has 2 atom stereocenters. The van der Waals surface area contributed by atoms with E-state index in [1.54, 1.807) is 19.2 Å². The van der Waals surface area contributed by atoms with Crippen LogP contribution in [0.15, 0.2) is 18.2 Å². The van der Waals surface area contributed by atoms with E-state index in [0.717, 1.165) is 50.5 Å². The second kappa shape index (κ2) is 9.51. The number of hydrogen-bond donors (Lipinski definition) is 3. The fourth-order valence-corrected chi connectivity index (χ4v) is 4.48. The predicted octanol–water partition coefficient (Wildman–Crippen LogP) is -0.187. The number of quaternary nitrogens is 2. The van der Waals surface area contributed by atoms with Crippen molar-refractivity contribution in [2.75, 3.05) is 39.8 Å². The van der Waals surface area contributed by atoms with Crippen LogP contribution in [0.2, 0.25) is 0 Å². The van der Waals surface area contributed by atoms with Crippen LogP contribution in [0.1, 0.15) is 38.2 Å². The van der Waals surface area contributed by atoms with Crippen LogP contribution in [0.4, 0.5) is 4.39 Å². The molecule has 1 amide bonds. The molecule has 1 aromatic rings. The summed E-state index contributed by atoms with van der Waals surface area (Å²) >= 11 is 0. The lowest BCUT2D eigenvalue weighted by molar-refractivity contribution is -1.02. The normalized spacial score (nSPS) is 28.6. The first-order valence-corrected chi connectivity index (χ1v) is 10.3. The van der Waals surface area contributed by atoms with Crippen LogP contribution in [-0.4, -0.2) is 51.8 Å². The predicted molar refractivity (Wildman–Crippen MR) is 102 cm³/mol. The molecule has 1 saturated heterocycles. The first-order chi connectivity index (χ1) is 13.0. The zero-order chi connectivity index (χ0) is 19.2. The summed E-state index contributed by atoms with van der Waals surface area (Å²) in [5, 5.41) is 3.26. The van der Waals surface area contributed by atoms with Crippen molar-refractivity contribution in [3.05, 3.63) is 29.6 Å². The van der Waals surface area contributed by atoms with E-state index in [1.165, 1.54) is 35.1 Å². The lowest BCUT2D eigenvalue weighted by atomic mass is 9.86. The van der Waals surface area contributed by atoms with Crippen molar-refractivity contribution in [2.45, 2.75) is 45.2 Å². The van der Waals surface area contributed by atoms with Crippen molar-refractivity contribution in [3.63, 3.8) is 0 Å². The summed E-state index contributed by atoms with van der Waals surface area (Å²) < 4.78 is 18.9. The van der Waals surface area contributed by atoms with Gasteiger partial charge in [0.1, 0.15) is 44.3 Å². The number of ether oxygens (including phenoxy) is 1. The quantitative estimate of drug-likeness (QED) is 0.642. The maximum absolute atomic E-state index is 13.5. The van der Waals surface area contributed by atoms with Gasteiger partial charge in [0.25, 0.3) is 5.91 Å². The third-order valence-electron chi connectivity index (χ3n) is 6.22. The third kappa shape index (κ3) is 5.66. The van der Waals surface area contributed by atoms with Gasteiger partial charge in [-0.05, 0) is 37.0 Å². The van der Waals surface area contributed by atoms with Crippen molar-refractivity contribution < 1.29 is 23.7 Å². The minimum Gasteiger partial charge on any atom is -0.496 e. The number of benzene rings is 1. The maximum Gasteiger partial charge on any atom is 0.275 e. The molecule has 1 heterocycles. The molecule has 2 fully saturated rings. The first kappa shape index (κ1) is 20.1. The second-order valence-corrected chi connectivity index (χ2v) is 8.25. The Hall–Kier alpha value is -1.66. The zero-order valence-corrected chi connectivity index (χ0v) is 16.7. The number of piperazine rings is 1. The Morgan fingerprint density at radius 1 is 1.19 bits per heavy atom. The Balaban J connectivity index is 1.43. The van der Waals surface area contributed by atoms with Crippen molar-refractivity contribution in [1.82, 2.24) is 5.32 Å². The number of nitrogens with one attached hydrogen (secondary N) is 3. The van der Waals surface area contributed by atoms with Crippen LogP contribution in [0.25, 0.3) is 0 Å². The Labute approximate surface area is 161 Å². The van der Waals surface area contributed by atoms with Crippen LogP contribution in [0.5, 0.6) is 5.75 Å². The van der Waals surface area contributed by atoms with Gasteiger partial charge in [-0.3, -0.25) is 4.79 Å². The molecule has 1 aliphatic heterocycles. The summed E-state index contributed by atoms with van der Waals surface area (Å²) in [4.78, 5) is 15.2. The van der Waals surface area contributed by atoms with E-state index in [1.807, 2.05) is 0 Å². The maximum atomic E-state index is 13.5. The third-order valence-corrected chi connectivity index (χ3v) is 6.22. The molecule has 0 radical (unpaired) electrons. The van der Waals surface area contributed by atoms with Crippen molar-refractivity contribution in [3.8, 4) is 5.75 Å². The molecular weight excluding hydrogens is 345 g/mol. The minimum atomic E-state index is -0.219. The summed E-state index contributed by atoms with van der Waals surface area (Å²) in [6, 6.07) is 5.07. The molecule has 27 heavy (non-hydrogen) atoms. The molecule has 0 aromatic heterocycles. The van der Waals surface area contributed by atoms with E-state index in [0.29, 0.717) is 18.5 Å². The Kier molecular flexibility index (Phi) is 7.07. The number of carbonyl (C=O) groups excluding carboxylic acids is 1. The van der Waals surface area contributed by atoms with Gasteiger partial charge in [0.05, 0.1) is 12.7 Å². The second-order valence-electron chi connectivity index (χ2n) is 8.25. The fraction of sp³-hybridized carbons (Fsp3) is 0.667. The number of methoxy groups -OCH3 is 1. The van der Waals surface area contributed by atoms with Crippen LogP contribution >= 0.6 is 0 Å². The number of hydrogen-bond acceptors (Lipinski definition) is 2. The number of carbonyl (C=O) groups is 1. The Bertz CT molecular complexity index is 632. The van der Waals surface area contributed by atoms with Gasteiger partial charge in [0.2, 0.25) is 0 Å². The van der Waals surface area contributed by atoms with E-state index in [9.17, 15) is 9.18 Å². The van der Waals surface area contributed by atoms with Crippen LogP contribution in [-0.2, 0) is 11.3 Å². The zero-order valence-electron chi connectivity index (χ0n) is 16.7. The van der Waals surface area contributed by atoms with Gasteiger partial charge in [0, 0.05) is 6.04 Å².